The lowest BCUT2D eigenvalue weighted by molar-refractivity contribution is 0.711. The van der Waals surface area contributed by atoms with E-state index in [9.17, 15) is 0 Å². The zero-order valence-corrected chi connectivity index (χ0v) is 29.1. The van der Waals surface area contributed by atoms with E-state index in [0.717, 1.165) is 54.2 Å². The van der Waals surface area contributed by atoms with E-state index < -0.39 is 10.9 Å². The van der Waals surface area contributed by atoms with Gasteiger partial charge >= 0.3 is 0 Å². The summed E-state index contributed by atoms with van der Waals surface area (Å²) in [6.45, 7) is 0. The molecule has 0 atom stereocenters. The number of unbranched alkanes of at least 4 members (excludes halogenated alkanes) is 2. The molecule has 0 bridgehead atoms. The first-order valence-electron chi connectivity index (χ1n) is 13.7. The number of rotatable bonds is 12. The monoisotopic (exact) mass is 730 g/mol. The van der Waals surface area contributed by atoms with Gasteiger partial charge in [0, 0.05) is 51.1 Å². The summed E-state index contributed by atoms with van der Waals surface area (Å²) >= 11 is 51.2. The van der Waals surface area contributed by atoms with Crippen molar-refractivity contribution in [3.8, 4) is 0 Å². The van der Waals surface area contributed by atoms with Gasteiger partial charge in [-0.2, -0.15) is 0 Å². The van der Waals surface area contributed by atoms with Gasteiger partial charge in [0.25, 0.3) is 0 Å². The van der Waals surface area contributed by atoms with Crippen LogP contribution in [0.4, 0.5) is 0 Å². The van der Waals surface area contributed by atoms with E-state index >= 15 is 0 Å². The van der Waals surface area contributed by atoms with Gasteiger partial charge in [0.2, 0.25) is 0 Å². The number of nitrogens with two attached hydrogens (primary N) is 2. The summed E-state index contributed by atoms with van der Waals surface area (Å²) in [6.07, 6.45) is 4.53. The van der Waals surface area contributed by atoms with E-state index in [2.05, 4.69) is 0 Å². The molecule has 0 aliphatic carbocycles. The van der Waals surface area contributed by atoms with Crippen molar-refractivity contribution < 1.29 is 0 Å². The van der Waals surface area contributed by atoms with Crippen LogP contribution in [0.1, 0.15) is 41.5 Å². The van der Waals surface area contributed by atoms with Crippen LogP contribution in [0.15, 0.2) is 72.8 Å². The Kier molecular flexibility index (Phi) is 12.4. The predicted octanol–water partition coefficient (Wildman–Crippen LogP) is 10.8. The molecule has 43 heavy (non-hydrogen) atoms. The molecule has 0 spiro atoms. The van der Waals surface area contributed by atoms with Crippen molar-refractivity contribution >= 4 is 107 Å². The molecule has 4 aromatic carbocycles. The summed E-state index contributed by atoms with van der Waals surface area (Å²) in [6, 6.07) is 21.4. The molecule has 2 nitrogen and oxygen atoms in total. The molecule has 0 aromatic heterocycles. The van der Waals surface area contributed by atoms with Gasteiger partial charge in [0.15, 0.2) is 14.6 Å². The van der Waals surface area contributed by atoms with Crippen LogP contribution in [0, 0.1) is 0 Å². The number of hydrogen-bond donors (Lipinski definition) is 2. The van der Waals surface area contributed by atoms with Crippen LogP contribution in [0.2, 0.25) is 52.8 Å². The Bertz CT molecular complexity index is 1380. The fourth-order valence-electron chi connectivity index (χ4n) is 5.57. The minimum Gasteiger partial charge on any atom is -0.324 e. The molecule has 0 saturated carbocycles. The van der Waals surface area contributed by atoms with Crippen molar-refractivity contribution in [3.63, 3.8) is 0 Å². The van der Waals surface area contributed by atoms with Crippen LogP contribution >= 0.6 is 92.8 Å². The van der Waals surface area contributed by atoms with Gasteiger partial charge in [-0.15, -0.1) is 0 Å². The fraction of sp³-hybridized carbons (Fsp3) is 0.226. The maximum atomic E-state index is 7.10. The zero-order valence-electron chi connectivity index (χ0n) is 23.1. The Morgan fingerprint density at radius 3 is 0.907 bits per heavy atom. The molecular formula is C31H28B2Cl8N2. The highest BCUT2D eigenvalue weighted by Crippen LogP contribution is 2.40. The first kappa shape index (κ1) is 35.1. The molecule has 0 heterocycles. The van der Waals surface area contributed by atoms with Crippen molar-refractivity contribution in [2.75, 3.05) is 0 Å². The Hall–Kier alpha value is -0.750. The van der Waals surface area contributed by atoms with Crippen LogP contribution in [-0.2, 0) is 10.9 Å². The van der Waals surface area contributed by atoms with Crippen LogP contribution in [0.3, 0.4) is 0 Å². The molecule has 4 aromatic rings. The largest absolute Gasteiger partial charge is 0.324 e. The van der Waals surface area contributed by atoms with E-state index in [1.54, 1.807) is 48.5 Å². The van der Waals surface area contributed by atoms with Gasteiger partial charge < -0.3 is 11.5 Å². The first-order chi connectivity index (χ1) is 20.3. The lowest BCUT2D eigenvalue weighted by Crippen LogP contribution is -2.44. The summed E-state index contributed by atoms with van der Waals surface area (Å²) in [4.78, 5) is 0. The standard InChI is InChI=1S/C31H28B2Cl8N2/c34-18-4-8-22(26(38)14-18)30(42,23-9-5-19(35)15-27(23)39)32-12-2-1-3-13-33-31(43,24-10-6-20(36)16-28(24)40)25-11-7-21(37)17-29(25)41/h4-11,14-17,32-33H,1-3,12-13,42-43H2. The Morgan fingerprint density at radius 1 is 0.419 bits per heavy atom. The van der Waals surface area contributed by atoms with Gasteiger partial charge in [0.05, 0.1) is 0 Å². The maximum absolute atomic E-state index is 7.10. The molecule has 0 radical (unpaired) electrons. The summed E-state index contributed by atoms with van der Waals surface area (Å²) in [5.74, 6) is 0. The van der Waals surface area contributed by atoms with Gasteiger partial charge in [-0.25, -0.2) is 0 Å². The molecule has 0 saturated heterocycles. The van der Waals surface area contributed by atoms with Crippen LogP contribution in [-0.4, -0.2) is 14.6 Å². The summed E-state index contributed by atoms with van der Waals surface area (Å²) in [5.41, 5.74) is 15.4. The minimum atomic E-state index is -0.924. The quantitative estimate of drug-likeness (QED) is 0.113. The predicted molar refractivity (Wildman–Crippen MR) is 194 cm³/mol. The van der Waals surface area contributed by atoms with E-state index in [0.29, 0.717) is 54.7 Å². The second-order valence-electron chi connectivity index (χ2n) is 10.7. The summed E-state index contributed by atoms with van der Waals surface area (Å²) in [7, 11) is 1.24. The number of benzene rings is 4. The molecule has 0 amide bonds. The topological polar surface area (TPSA) is 52.0 Å². The van der Waals surface area contributed by atoms with Crippen LogP contribution < -0.4 is 11.5 Å². The van der Waals surface area contributed by atoms with Crippen molar-refractivity contribution in [2.45, 2.75) is 42.8 Å². The van der Waals surface area contributed by atoms with Crippen molar-refractivity contribution in [3.05, 3.63) is 135 Å². The molecule has 0 fully saturated rings. The SMILES string of the molecule is NC(BCCCCCBC(N)(c1ccc(Cl)cc1Cl)c1ccc(Cl)cc1Cl)(c1ccc(Cl)cc1Cl)c1ccc(Cl)cc1Cl. The third-order valence-electron chi connectivity index (χ3n) is 7.79. The Labute approximate surface area is 294 Å². The van der Waals surface area contributed by atoms with Gasteiger partial charge in [-0.05, 0) is 70.8 Å². The molecule has 0 unspecified atom stereocenters. The average molecular weight is 734 g/mol. The third kappa shape index (κ3) is 8.35. The average Bonchev–Trinajstić information content (AvgIpc) is 2.92. The van der Waals surface area contributed by atoms with Gasteiger partial charge in [0.1, 0.15) is 0 Å². The van der Waals surface area contributed by atoms with E-state index in [4.69, 9.17) is 104 Å². The first-order valence-corrected chi connectivity index (χ1v) is 16.8. The smallest absolute Gasteiger partial charge is 0.157 e. The van der Waals surface area contributed by atoms with E-state index in [1.165, 1.54) is 0 Å². The van der Waals surface area contributed by atoms with Crippen molar-refractivity contribution in [1.29, 1.82) is 0 Å². The molecule has 4 rings (SSSR count). The maximum Gasteiger partial charge on any atom is 0.157 e. The van der Waals surface area contributed by atoms with E-state index in [-0.39, 0.29) is 0 Å². The minimum absolute atomic E-state index is 0.488. The summed E-state index contributed by atoms with van der Waals surface area (Å²) < 4.78 is 0. The van der Waals surface area contributed by atoms with Crippen molar-refractivity contribution in [2.24, 2.45) is 11.5 Å². The molecule has 0 aliphatic heterocycles. The lowest BCUT2D eigenvalue weighted by atomic mass is 9.49. The van der Waals surface area contributed by atoms with Crippen molar-refractivity contribution in [1.82, 2.24) is 0 Å². The van der Waals surface area contributed by atoms with E-state index in [1.807, 2.05) is 24.3 Å². The van der Waals surface area contributed by atoms with Crippen LogP contribution in [0.5, 0.6) is 0 Å². The molecule has 224 valence electrons. The molecule has 0 aliphatic rings. The second kappa shape index (κ2) is 15.2. The van der Waals surface area contributed by atoms with Crippen LogP contribution in [0.25, 0.3) is 0 Å². The number of hydrogen-bond acceptors (Lipinski definition) is 2. The molecule has 4 N–H and O–H groups in total. The Balaban J connectivity index is 1.45. The Morgan fingerprint density at radius 2 is 0.674 bits per heavy atom. The lowest BCUT2D eigenvalue weighted by Gasteiger charge is -2.33. The normalized spacial score (nSPS) is 12.0. The summed E-state index contributed by atoms with van der Waals surface area (Å²) in [5, 5.41) is 4.10. The third-order valence-corrected chi connectivity index (χ3v) is 9.98. The fourth-order valence-corrected chi connectivity index (χ4v) is 7.88. The second-order valence-corrected chi connectivity index (χ2v) is 14.1. The highest BCUT2D eigenvalue weighted by molar-refractivity contribution is 6.45. The molecule has 12 heteroatoms. The number of halogens is 8. The zero-order chi connectivity index (χ0) is 31.4. The highest BCUT2D eigenvalue weighted by atomic mass is 35.5. The molecular weight excluding hydrogens is 706 g/mol. The highest BCUT2D eigenvalue weighted by Gasteiger charge is 2.35. The van der Waals surface area contributed by atoms with Gasteiger partial charge in [-0.3, -0.25) is 0 Å². The van der Waals surface area contributed by atoms with Gasteiger partial charge in [-0.1, -0.05) is 149 Å².